The van der Waals surface area contributed by atoms with Crippen LogP contribution in [0.2, 0.25) is 0 Å². The average molecular weight is 518 g/mol. The molecule has 0 aliphatic carbocycles. The number of anilines is 1. The molecular formula is C27H35N9S. The highest BCUT2D eigenvalue weighted by molar-refractivity contribution is 8.14. The molecule has 5 rings (SSSR count). The second-order valence-electron chi connectivity index (χ2n) is 11.2. The molecule has 2 saturated heterocycles. The first-order chi connectivity index (χ1) is 17.8. The summed E-state index contributed by atoms with van der Waals surface area (Å²) in [6.45, 7) is 11.2. The van der Waals surface area contributed by atoms with Crippen molar-refractivity contribution < 1.29 is 0 Å². The summed E-state index contributed by atoms with van der Waals surface area (Å²) in [6, 6.07) is 13.0. The van der Waals surface area contributed by atoms with Crippen molar-refractivity contribution in [3.05, 3.63) is 53.5 Å². The fourth-order valence-corrected chi connectivity index (χ4v) is 5.85. The number of aromatic nitrogens is 4. The Hall–Kier alpha value is -3.16. The summed E-state index contributed by atoms with van der Waals surface area (Å²) in [6.07, 6.45) is 4.14. The fourth-order valence-electron chi connectivity index (χ4n) is 4.86. The van der Waals surface area contributed by atoms with E-state index in [2.05, 4.69) is 83.0 Å². The molecule has 0 radical (unpaired) electrons. The number of benzene rings is 1. The lowest BCUT2D eigenvalue weighted by atomic mass is 9.89. The van der Waals surface area contributed by atoms with E-state index in [4.69, 9.17) is 5.10 Å². The van der Waals surface area contributed by atoms with Gasteiger partial charge in [0.15, 0.2) is 10.8 Å². The van der Waals surface area contributed by atoms with E-state index >= 15 is 0 Å². The van der Waals surface area contributed by atoms with E-state index in [1.165, 1.54) is 37.1 Å². The van der Waals surface area contributed by atoms with Gasteiger partial charge in [0.1, 0.15) is 6.07 Å². The average Bonchev–Trinajstić information content (AvgIpc) is 3.52. The van der Waals surface area contributed by atoms with Gasteiger partial charge in [-0.1, -0.05) is 56.8 Å². The molecule has 37 heavy (non-hydrogen) atoms. The Morgan fingerprint density at radius 3 is 2.57 bits per heavy atom. The van der Waals surface area contributed by atoms with Crippen molar-refractivity contribution in [2.75, 3.05) is 44.0 Å². The van der Waals surface area contributed by atoms with Crippen molar-refractivity contribution in [1.82, 2.24) is 29.4 Å². The van der Waals surface area contributed by atoms with E-state index in [1.54, 1.807) is 28.5 Å². The number of thioether (sulfide) groups is 1. The Balaban J connectivity index is 1.38. The minimum Gasteiger partial charge on any atom is -0.345 e. The molecule has 0 spiro atoms. The fraction of sp³-hybridized carbons (Fsp3) is 0.519. The van der Waals surface area contributed by atoms with E-state index in [0.29, 0.717) is 24.1 Å². The van der Waals surface area contributed by atoms with Gasteiger partial charge in [-0.15, -0.1) is 5.10 Å². The standard InChI is InChI=1S/C27H35N9S/c1-27(2,3)19-35(25-31-23(17-28)30-24-9-12-29-36(24)25)32-26-34(15-16-37-26)18-20-5-7-21(8-6-20)22-10-13-33(4)14-11-22/h5-9,12,22H,10-11,13-16,18-19H2,1-4H3. The lowest BCUT2D eigenvalue weighted by molar-refractivity contribution is 0.255. The normalized spacial score (nSPS) is 18.6. The Labute approximate surface area is 223 Å². The van der Waals surface area contributed by atoms with Crippen molar-refractivity contribution in [1.29, 1.82) is 5.26 Å². The van der Waals surface area contributed by atoms with Gasteiger partial charge in [-0.25, -0.2) is 5.01 Å². The predicted octanol–water partition coefficient (Wildman–Crippen LogP) is 4.18. The number of piperidine rings is 1. The summed E-state index contributed by atoms with van der Waals surface area (Å²) in [5.41, 5.74) is 3.27. The third kappa shape index (κ3) is 6.05. The van der Waals surface area contributed by atoms with Gasteiger partial charge in [-0.05, 0) is 55.4 Å². The molecule has 10 heteroatoms. The first kappa shape index (κ1) is 25.5. The number of rotatable bonds is 6. The van der Waals surface area contributed by atoms with Crippen LogP contribution in [0.15, 0.2) is 41.6 Å². The van der Waals surface area contributed by atoms with Crippen LogP contribution in [0.1, 0.15) is 56.5 Å². The van der Waals surface area contributed by atoms with Crippen LogP contribution in [-0.2, 0) is 6.54 Å². The van der Waals surface area contributed by atoms with Gasteiger partial charge in [-0.2, -0.15) is 24.8 Å². The first-order valence-corrected chi connectivity index (χ1v) is 13.9. The molecule has 0 amide bonds. The molecule has 3 aromatic rings. The zero-order chi connectivity index (χ0) is 26.0. The Morgan fingerprint density at radius 1 is 1.11 bits per heavy atom. The maximum atomic E-state index is 9.50. The SMILES string of the molecule is CN1CCC(c2ccc(CN3CCSC3=NN(CC(C)(C)C)c3nc(C#N)nc4ccnn34)cc2)CC1. The maximum absolute atomic E-state index is 9.50. The maximum Gasteiger partial charge on any atom is 0.252 e. The molecular weight excluding hydrogens is 482 g/mol. The molecule has 0 atom stereocenters. The molecule has 2 fully saturated rings. The molecule has 2 aromatic heterocycles. The van der Waals surface area contributed by atoms with Gasteiger partial charge < -0.3 is 9.80 Å². The van der Waals surface area contributed by atoms with Crippen LogP contribution in [0, 0.1) is 16.7 Å². The lowest BCUT2D eigenvalue weighted by Gasteiger charge is -2.29. The molecule has 2 aliphatic heterocycles. The monoisotopic (exact) mass is 517 g/mol. The van der Waals surface area contributed by atoms with Gasteiger partial charge in [0.25, 0.3) is 5.95 Å². The number of nitriles is 1. The minimum atomic E-state index is -0.0564. The minimum absolute atomic E-state index is 0.0564. The molecule has 1 aromatic carbocycles. The quantitative estimate of drug-likeness (QED) is 0.450. The number of hydrogen-bond donors (Lipinski definition) is 0. The van der Waals surface area contributed by atoms with E-state index in [9.17, 15) is 5.26 Å². The summed E-state index contributed by atoms with van der Waals surface area (Å²) >= 11 is 1.75. The molecule has 0 N–H and O–H groups in total. The lowest BCUT2D eigenvalue weighted by Crippen LogP contribution is -2.34. The van der Waals surface area contributed by atoms with Gasteiger partial charge in [-0.3, -0.25) is 0 Å². The van der Waals surface area contributed by atoms with E-state index in [0.717, 1.165) is 24.0 Å². The number of hydrogen-bond acceptors (Lipinski definition) is 8. The summed E-state index contributed by atoms with van der Waals surface area (Å²) in [5, 5.41) is 21.8. The third-order valence-electron chi connectivity index (χ3n) is 6.81. The smallest absolute Gasteiger partial charge is 0.252 e. The van der Waals surface area contributed by atoms with Crippen LogP contribution in [0.4, 0.5) is 5.95 Å². The van der Waals surface area contributed by atoms with Crippen molar-refractivity contribution in [3.8, 4) is 6.07 Å². The van der Waals surface area contributed by atoms with Crippen molar-refractivity contribution in [2.24, 2.45) is 10.5 Å². The topological polar surface area (TPSA) is 89.0 Å². The molecule has 0 bridgehead atoms. The van der Waals surface area contributed by atoms with Crippen molar-refractivity contribution >= 4 is 28.5 Å². The van der Waals surface area contributed by atoms with Crippen LogP contribution in [-0.4, -0.2) is 73.5 Å². The largest absolute Gasteiger partial charge is 0.345 e. The van der Waals surface area contributed by atoms with Crippen LogP contribution in [0.3, 0.4) is 0 Å². The van der Waals surface area contributed by atoms with Crippen LogP contribution in [0.25, 0.3) is 5.65 Å². The first-order valence-electron chi connectivity index (χ1n) is 12.9. The molecule has 0 unspecified atom stereocenters. The zero-order valence-electron chi connectivity index (χ0n) is 22.1. The van der Waals surface area contributed by atoms with Crippen LogP contribution in [0.5, 0.6) is 0 Å². The summed E-state index contributed by atoms with van der Waals surface area (Å²) in [4.78, 5) is 13.5. The van der Waals surface area contributed by atoms with E-state index in [1.807, 2.05) is 5.01 Å². The van der Waals surface area contributed by atoms with Gasteiger partial charge in [0.2, 0.25) is 5.82 Å². The number of likely N-dealkylation sites (tertiary alicyclic amines) is 1. The molecule has 0 saturated carbocycles. The summed E-state index contributed by atoms with van der Waals surface area (Å²) in [5.74, 6) is 2.27. The van der Waals surface area contributed by atoms with Crippen LogP contribution >= 0.6 is 11.8 Å². The second kappa shape index (κ2) is 10.7. The highest BCUT2D eigenvalue weighted by Gasteiger charge is 2.26. The highest BCUT2D eigenvalue weighted by Crippen LogP contribution is 2.29. The summed E-state index contributed by atoms with van der Waals surface area (Å²) < 4.78 is 1.66. The Morgan fingerprint density at radius 2 is 1.86 bits per heavy atom. The van der Waals surface area contributed by atoms with Gasteiger partial charge in [0, 0.05) is 31.5 Å². The van der Waals surface area contributed by atoms with Crippen molar-refractivity contribution in [2.45, 2.75) is 46.1 Å². The van der Waals surface area contributed by atoms with E-state index < -0.39 is 0 Å². The number of nitrogens with zero attached hydrogens (tertiary/aromatic N) is 9. The number of fused-ring (bicyclic) bond motifs is 1. The summed E-state index contributed by atoms with van der Waals surface area (Å²) in [7, 11) is 2.21. The molecule has 9 nitrogen and oxygen atoms in total. The van der Waals surface area contributed by atoms with Gasteiger partial charge >= 0.3 is 0 Å². The van der Waals surface area contributed by atoms with Crippen molar-refractivity contribution in [3.63, 3.8) is 0 Å². The Kier molecular flexibility index (Phi) is 7.36. The predicted molar refractivity (Wildman–Crippen MR) is 149 cm³/mol. The number of amidine groups is 1. The third-order valence-corrected chi connectivity index (χ3v) is 7.79. The molecule has 194 valence electrons. The molecule has 4 heterocycles. The zero-order valence-corrected chi connectivity index (χ0v) is 22.9. The molecule has 2 aliphatic rings. The van der Waals surface area contributed by atoms with E-state index in [-0.39, 0.29) is 11.2 Å². The Bertz CT molecular complexity index is 1290. The number of hydrazone groups is 1. The van der Waals surface area contributed by atoms with Crippen LogP contribution < -0.4 is 5.01 Å². The van der Waals surface area contributed by atoms with Gasteiger partial charge in [0.05, 0.1) is 6.20 Å². The second-order valence-corrected chi connectivity index (χ2v) is 12.2. The highest BCUT2D eigenvalue weighted by atomic mass is 32.2.